The van der Waals surface area contributed by atoms with E-state index in [1.165, 1.54) is 0 Å². The van der Waals surface area contributed by atoms with Gasteiger partial charge in [0, 0.05) is 5.69 Å². The number of hydrogen-bond acceptors (Lipinski definition) is 2. The Morgan fingerprint density at radius 1 is 1.10 bits per heavy atom. The molecule has 3 heteroatoms. The molecule has 3 nitrogen and oxygen atoms in total. The SMILES string of the molecule is N#Cc1cccc(NC(=O)C2(c3ccccc3)CC2)c1. The molecule has 1 N–H and O–H groups in total. The maximum Gasteiger partial charge on any atom is 0.235 e. The molecule has 1 fully saturated rings. The van der Waals surface area contributed by atoms with Crippen molar-refractivity contribution in [1.29, 1.82) is 5.26 Å². The number of amides is 1. The Kier molecular flexibility index (Phi) is 3.00. The summed E-state index contributed by atoms with van der Waals surface area (Å²) in [5, 5.41) is 11.8. The average Bonchev–Trinajstić information content (AvgIpc) is 3.30. The van der Waals surface area contributed by atoms with Crippen LogP contribution < -0.4 is 5.32 Å². The molecule has 1 saturated carbocycles. The first kappa shape index (κ1) is 12.4. The number of hydrogen-bond donors (Lipinski definition) is 1. The van der Waals surface area contributed by atoms with Crippen LogP contribution in [-0.2, 0) is 10.2 Å². The fraction of sp³-hybridized carbons (Fsp3) is 0.176. The quantitative estimate of drug-likeness (QED) is 0.923. The maximum atomic E-state index is 12.5. The van der Waals surface area contributed by atoms with Crippen molar-refractivity contribution in [2.75, 3.05) is 5.32 Å². The van der Waals surface area contributed by atoms with Gasteiger partial charge in [-0.25, -0.2) is 0 Å². The van der Waals surface area contributed by atoms with Gasteiger partial charge in [-0.05, 0) is 36.6 Å². The zero-order valence-corrected chi connectivity index (χ0v) is 11.0. The summed E-state index contributed by atoms with van der Waals surface area (Å²) in [7, 11) is 0. The topological polar surface area (TPSA) is 52.9 Å². The fourth-order valence-electron chi connectivity index (χ4n) is 2.45. The minimum absolute atomic E-state index is 0.0128. The Bertz CT molecular complexity index is 682. The smallest absolute Gasteiger partial charge is 0.235 e. The van der Waals surface area contributed by atoms with Crippen molar-refractivity contribution < 1.29 is 4.79 Å². The van der Waals surface area contributed by atoms with Gasteiger partial charge in [-0.3, -0.25) is 4.79 Å². The first-order valence-electron chi connectivity index (χ1n) is 6.62. The average molecular weight is 262 g/mol. The van der Waals surface area contributed by atoms with E-state index >= 15 is 0 Å². The fourth-order valence-corrected chi connectivity index (χ4v) is 2.45. The van der Waals surface area contributed by atoms with Gasteiger partial charge < -0.3 is 5.32 Å². The van der Waals surface area contributed by atoms with Crippen molar-refractivity contribution in [1.82, 2.24) is 0 Å². The first-order valence-corrected chi connectivity index (χ1v) is 6.62. The summed E-state index contributed by atoms with van der Waals surface area (Å²) in [5.41, 5.74) is 1.90. The lowest BCUT2D eigenvalue weighted by atomic mass is 9.95. The van der Waals surface area contributed by atoms with Crippen LogP contribution in [0.2, 0.25) is 0 Å². The second-order valence-corrected chi connectivity index (χ2v) is 5.09. The third kappa shape index (κ3) is 2.17. The minimum atomic E-state index is -0.385. The molecule has 2 aromatic rings. The van der Waals surface area contributed by atoms with Crippen LogP contribution in [0.4, 0.5) is 5.69 Å². The highest BCUT2D eigenvalue weighted by molar-refractivity contribution is 6.01. The molecule has 0 bridgehead atoms. The number of nitrogens with zero attached hydrogens (tertiary/aromatic N) is 1. The number of nitriles is 1. The molecule has 3 rings (SSSR count). The van der Waals surface area contributed by atoms with E-state index in [0.29, 0.717) is 11.3 Å². The highest BCUT2D eigenvalue weighted by Gasteiger charge is 2.51. The summed E-state index contributed by atoms with van der Waals surface area (Å²) in [6, 6.07) is 18.9. The van der Waals surface area contributed by atoms with Crippen LogP contribution in [0.3, 0.4) is 0 Å². The maximum absolute atomic E-state index is 12.5. The normalized spacial score (nSPS) is 15.2. The van der Waals surface area contributed by atoms with Gasteiger partial charge in [0.05, 0.1) is 17.0 Å². The van der Waals surface area contributed by atoms with Crippen LogP contribution in [0, 0.1) is 11.3 Å². The van der Waals surface area contributed by atoms with Crippen molar-refractivity contribution in [2.24, 2.45) is 0 Å². The summed E-state index contributed by atoms with van der Waals surface area (Å²) in [6.45, 7) is 0. The highest BCUT2D eigenvalue weighted by Crippen LogP contribution is 2.48. The highest BCUT2D eigenvalue weighted by atomic mass is 16.2. The summed E-state index contributed by atoms with van der Waals surface area (Å²) >= 11 is 0. The van der Waals surface area contributed by atoms with Crippen LogP contribution in [0.5, 0.6) is 0 Å². The van der Waals surface area contributed by atoms with Gasteiger partial charge in [-0.1, -0.05) is 36.4 Å². The molecule has 0 aliphatic heterocycles. The van der Waals surface area contributed by atoms with E-state index in [-0.39, 0.29) is 11.3 Å². The lowest BCUT2D eigenvalue weighted by Crippen LogP contribution is -2.27. The number of nitrogens with one attached hydrogen (secondary N) is 1. The van der Waals surface area contributed by atoms with Crippen LogP contribution in [0.25, 0.3) is 0 Å². The van der Waals surface area contributed by atoms with E-state index in [1.54, 1.807) is 24.3 Å². The molecule has 1 aliphatic carbocycles. The van der Waals surface area contributed by atoms with E-state index in [1.807, 2.05) is 30.3 Å². The van der Waals surface area contributed by atoms with Crippen LogP contribution >= 0.6 is 0 Å². The summed E-state index contributed by atoms with van der Waals surface area (Å²) in [5.74, 6) is 0.0128. The van der Waals surface area contributed by atoms with Gasteiger partial charge in [0.1, 0.15) is 0 Å². The van der Waals surface area contributed by atoms with Crippen LogP contribution in [0.15, 0.2) is 54.6 Å². The monoisotopic (exact) mass is 262 g/mol. The van der Waals surface area contributed by atoms with Crippen molar-refractivity contribution in [3.05, 3.63) is 65.7 Å². The summed E-state index contributed by atoms with van der Waals surface area (Å²) < 4.78 is 0. The molecule has 0 spiro atoms. The number of benzene rings is 2. The lowest BCUT2D eigenvalue weighted by Gasteiger charge is -2.15. The van der Waals surface area contributed by atoms with Gasteiger partial charge in [0.15, 0.2) is 0 Å². The molecule has 0 unspecified atom stereocenters. The Balaban J connectivity index is 1.82. The molecule has 2 aromatic carbocycles. The zero-order chi connectivity index (χ0) is 14.0. The number of rotatable bonds is 3. The van der Waals surface area contributed by atoms with Crippen LogP contribution in [0.1, 0.15) is 24.0 Å². The van der Waals surface area contributed by atoms with E-state index in [9.17, 15) is 4.79 Å². The van der Waals surface area contributed by atoms with Crippen molar-refractivity contribution >= 4 is 11.6 Å². The number of carbonyl (C=O) groups is 1. The van der Waals surface area contributed by atoms with E-state index in [4.69, 9.17) is 5.26 Å². The summed E-state index contributed by atoms with van der Waals surface area (Å²) in [6.07, 6.45) is 1.75. The van der Waals surface area contributed by atoms with Crippen molar-refractivity contribution in [2.45, 2.75) is 18.3 Å². The third-order valence-electron chi connectivity index (χ3n) is 3.76. The third-order valence-corrected chi connectivity index (χ3v) is 3.76. The van der Waals surface area contributed by atoms with E-state index < -0.39 is 0 Å². The standard InChI is InChI=1S/C17H14N2O/c18-12-13-5-4-8-15(11-13)19-16(20)17(9-10-17)14-6-2-1-3-7-14/h1-8,11H,9-10H2,(H,19,20). The Morgan fingerprint density at radius 3 is 2.50 bits per heavy atom. The van der Waals surface area contributed by atoms with Crippen molar-refractivity contribution in [3.8, 4) is 6.07 Å². The van der Waals surface area contributed by atoms with E-state index in [2.05, 4.69) is 11.4 Å². The lowest BCUT2D eigenvalue weighted by molar-refractivity contribution is -0.118. The molecule has 98 valence electrons. The van der Waals surface area contributed by atoms with E-state index in [0.717, 1.165) is 18.4 Å². The molecule has 0 heterocycles. The Labute approximate surface area is 117 Å². The molecular weight excluding hydrogens is 248 g/mol. The van der Waals surface area contributed by atoms with Gasteiger partial charge in [0.2, 0.25) is 5.91 Å². The summed E-state index contributed by atoms with van der Waals surface area (Å²) in [4.78, 5) is 12.5. The number of anilines is 1. The predicted molar refractivity (Wildman–Crippen MR) is 77.1 cm³/mol. The zero-order valence-electron chi connectivity index (χ0n) is 11.0. The first-order chi connectivity index (χ1) is 9.74. The molecule has 1 aliphatic rings. The molecule has 20 heavy (non-hydrogen) atoms. The second kappa shape index (κ2) is 4.82. The molecular formula is C17H14N2O. The molecule has 1 amide bonds. The van der Waals surface area contributed by atoms with Gasteiger partial charge in [-0.15, -0.1) is 0 Å². The van der Waals surface area contributed by atoms with Gasteiger partial charge in [0.25, 0.3) is 0 Å². The largest absolute Gasteiger partial charge is 0.325 e. The Morgan fingerprint density at radius 2 is 1.85 bits per heavy atom. The predicted octanol–water partition coefficient (Wildman–Crippen LogP) is 3.23. The van der Waals surface area contributed by atoms with Crippen LogP contribution in [-0.4, -0.2) is 5.91 Å². The molecule has 0 aromatic heterocycles. The molecule has 0 saturated heterocycles. The van der Waals surface area contributed by atoms with Crippen molar-refractivity contribution in [3.63, 3.8) is 0 Å². The molecule has 0 atom stereocenters. The van der Waals surface area contributed by atoms with Gasteiger partial charge in [-0.2, -0.15) is 5.26 Å². The second-order valence-electron chi connectivity index (χ2n) is 5.09. The molecule has 0 radical (unpaired) electrons. The van der Waals surface area contributed by atoms with Gasteiger partial charge >= 0.3 is 0 Å². The Hall–Kier alpha value is -2.60. The minimum Gasteiger partial charge on any atom is -0.325 e. The number of carbonyl (C=O) groups excluding carboxylic acids is 1.